The molecule has 28 heavy (non-hydrogen) atoms. The summed E-state index contributed by atoms with van der Waals surface area (Å²) in [4.78, 5) is 23.2. The van der Waals surface area contributed by atoms with Crippen molar-refractivity contribution in [2.75, 3.05) is 10.6 Å². The van der Waals surface area contributed by atoms with Gasteiger partial charge in [0.15, 0.2) is 0 Å². The van der Waals surface area contributed by atoms with Crippen LogP contribution in [0.5, 0.6) is 0 Å². The second-order valence-corrected chi connectivity index (χ2v) is 6.17. The van der Waals surface area contributed by atoms with E-state index in [9.17, 15) is 18.4 Å². The SMILES string of the molecule is CC(=O)Nc1ccc(F)c(NC(=O)CCc2ccc(-c3ccccc3F)o2)c1. The summed E-state index contributed by atoms with van der Waals surface area (Å²) in [5, 5.41) is 5.00. The predicted molar refractivity (Wildman–Crippen MR) is 102 cm³/mol. The van der Waals surface area contributed by atoms with E-state index < -0.39 is 17.5 Å². The first-order valence-electron chi connectivity index (χ1n) is 8.63. The highest BCUT2D eigenvalue weighted by molar-refractivity contribution is 5.93. The molecule has 0 saturated heterocycles. The van der Waals surface area contributed by atoms with Crippen molar-refractivity contribution >= 4 is 23.2 Å². The van der Waals surface area contributed by atoms with E-state index in [0.717, 1.165) is 6.07 Å². The Balaban J connectivity index is 1.61. The number of nitrogens with one attached hydrogen (secondary N) is 2. The Morgan fingerprint density at radius 3 is 2.50 bits per heavy atom. The molecular formula is C21H18F2N2O3. The largest absolute Gasteiger partial charge is 0.461 e. The van der Waals surface area contributed by atoms with Crippen LogP contribution in [-0.2, 0) is 16.0 Å². The Labute approximate surface area is 160 Å². The zero-order valence-corrected chi connectivity index (χ0v) is 15.1. The summed E-state index contributed by atoms with van der Waals surface area (Å²) in [7, 11) is 0. The van der Waals surface area contributed by atoms with E-state index in [1.807, 2.05) is 0 Å². The van der Waals surface area contributed by atoms with Gasteiger partial charge in [0, 0.05) is 25.5 Å². The van der Waals surface area contributed by atoms with Crippen LogP contribution in [0.15, 0.2) is 59.0 Å². The summed E-state index contributed by atoms with van der Waals surface area (Å²) >= 11 is 0. The fourth-order valence-electron chi connectivity index (χ4n) is 2.67. The third kappa shape index (κ3) is 4.82. The summed E-state index contributed by atoms with van der Waals surface area (Å²) in [6.45, 7) is 1.33. The first-order chi connectivity index (χ1) is 13.4. The average Bonchev–Trinajstić information content (AvgIpc) is 3.11. The molecule has 0 saturated carbocycles. The Morgan fingerprint density at radius 1 is 0.964 bits per heavy atom. The number of hydrogen-bond donors (Lipinski definition) is 2. The van der Waals surface area contributed by atoms with E-state index in [1.54, 1.807) is 30.3 Å². The van der Waals surface area contributed by atoms with Gasteiger partial charge in [-0.05, 0) is 42.5 Å². The maximum absolute atomic E-state index is 13.9. The number of anilines is 2. The van der Waals surface area contributed by atoms with Gasteiger partial charge in [0.1, 0.15) is 23.2 Å². The molecule has 144 valence electrons. The van der Waals surface area contributed by atoms with Crippen LogP contribution in [0.3, 0.4) is 0 Å². The van der Waals surface area contributed by atoms with Crippen molar-refractivity contribution in [2.24, 2.45) is 0 Å². The third-order valence-corrected chi connectivity index (χ3v) is 3.96. The van der Waals surface area contributed by atoms with Crippen LogP contribution in [0, 0.1) is 11.6 Å². The van der Waals surface area contributed by atoms with E-state index >= 15 is 0 Å². The van der Waals surface area contributed by atoms with E-state index in [1.165, 1.54) is 25.1 Å². The highest BCUT2D eigenvalue weighted by Crippen LogP contribution is 2.25. The maximum atomic E-state index is 13.9. The summed E-state index contributed by atoms with van der Waals surface area (Å²) < 4.78 is 33.3. The fraction of sp³-hybridized carbons (Fsp3) is 0.143. The maximum Gasteiger partial charge on any atom is 0.224 e. The van der Waals surface area contributed by atoms with Crippen LogP contribution in [-0.4, -0.2) is 11.8 Å². The molecule has 0 radical (unpaired) electrons. The minimum atomic E-state index is -0.609. The normalized spacial score (nSPS) is 10.5. The number of furan rings is 1. The van der Waals surface area contributed by atoms with Crippen LogP contribution in [0.25, 0.3) is 11.3 Å². The number of rotatable bonds is 6. The quantitative estimate of drug-likeness (QED) is 0.644. The van der Waals surface area contributed by atoms with E-state index in [2.05, 4.69) is 10.6 Å². The molecule has 0 bridgehead atoms. The molecule has 1 heterocycles. The second kappa shape index (κ2) is 8.47. The van der Waals surface area contributed by atoms with Crippen LogP contribution in [0.4, 0.5) is 20.2 Å². The molecule has 7 heteroatoms. The molecular weight excluding hydrogens is 366 g/mol. The molecule has 1 aromatic heterocycles. The fourth-order valence-corrected chi connectivity index (χ4v) is 2.67. The number of amides is 2. The van der Waals surface area contributed by atoms with Gasteiger partial charge in [-0.1, -0.05) is 12.1 Å². The smallest absolute Gasteiger partial charge is 0.224 e. The van der Waals surface area contributed by atoms with E-state index in [0.29, 0.717) is 22.8 Å². The summed E-state index contributed by atoms with van der Waals surface area (Å²) in [6, 6.07) is 13.5. The molecule has 0 fully saturated rings. The predicted octanol–water partition coefficient (Wildman–Crippen LogP) is 4.75. The van der Waals surface area contributed by atoms with Crippen molar-refractivity contribution < 1.29 is 22.8 Å². The van der Waals surface area contributed by atoms with Crippen molar-refractivity contribution in [1.82, 2.24) is 0 Å². The van der Waals surface area contributed by atoms with Gasteiger partial charge in [-0.3, -0.25) is 9.59 Å². The molecule has 0 unspecified atom stereocenters. The molecule has 5 nitrogen and oxygen atoms in total. The number of carbonyl (C=O) groups is 2. The second-order valence-electron chi connectivity index (χ2n) is 6.17. The highest BCUT2D eigenvalue weighted by atomic mass is 19.1. The number of aryl methyl sites for hydroxylation is 1. The lowest BCUT2D eigenvalue weighted by molar-refractivity contribution is -0.116. The van der Waals surface area contributed by atoms with Crippen molar-refractivity contribution in [3.8, 4) is 11.3 Å². The minimum Gasteiger partial charge on any atom is -0.461 e. The lowest BCUT2D eigenvalue weighted by Crippen LogP contribution is -2.14. The van der Waals surface area contributed by atoms with E-state index in [-0.39, 0.29) is 24.4 Å². The first kappa shape index (κ1) is 19.3. The van der Waals surface area contributed by atoms with Gasteiger partial charge in [0.2, 0.25) is 11.8 Å². The van der Waals surface area contributed by atoms with Gasteiger partial charge in [-0.25, -0.2) is 8.78 Å². The molecule has 3 aromatic rings. The van der Waals surface area contributed by atoms with Gasteiger partial charge >= 0.3 is 0 Å². The van der Waals surface area contributed by atoms with Crippen LogP contribution in [0.1, 0.15) is 19.1 Å². The summed E-state index contributed by atoms with van der Waals surface area (Å²) in [5.74, 6) is -0.823. The van der Waals surface area contributed by atoms with Gasteiger partial charge in [-0.15, -0.1) is 0 Å². The molecule has 2 amide bonds. The van der Waals surface area contributed by atoms with Crippen molar-refractivity contribution in [3.05, 3.63) is 72.0 Å². The van der Waals surface area contributed by atoms with Crippen molar-refractivity contribution in [3.63, 3.8) is 0 Å². The van der Waals surface area contributed by atoms with Gasteiger partial charge in [0.05, 0.1) is 11.3 Å². The Morgan fingerprint density at radius 2 is 1.75 bits per heavy atom. The van der Waals surface area contributed by atoms with Crippen molar-refractivity contribution in [2.45, 2.75) is 19.8 Å². The summed E-state index contributed by atoms with van der Waals surface area (Å²) in [6.07, 6.45) is 0.321. The monoisotopic (exact) mass is 384 g/mol. The van der Waals surface area contributed by atoms with Crippen LogP contribution in [0.2, 0.25) is 0 Å². The Bertz CT molecular complexity index is 1010. The molecule has 3 rings (SSSR count). The van der Waals surface area contributed by atoms with Gasteiger partial charge in [-0.2, -0.15) is 0 Å². The highest BCUT2D eigenvalue weighted by Gasteiger charge is 2.12. The van der Waals surface area contributed by atoms with Crippen molar-refractivity contribution in [1.29, 1.82) is 0 Å². The molecule has 0 atom stereocenters. The zero-order chi connectivity index (χ0) is 20.1. The number of hydrogen-bond acceptors (Lipinski definition) is 3. The third-order valence-electron chi connectivity index (χ3n) is 3.96. The topological polar surface area (TPSA) is 71.3 Å². The van der Waals surface area contributed by atoms with Crippen LogP contribution >= 0.6 is 0 Å². The molecule has 0 aliphatic heterocycles. The standard InChI is InChI=1S/C21H18F2N2O3/c1-13(26)24-14-6-9-18(23)19(12-14)25-21(27)11-8-15-7-10-20(28-15)16-4-2-3-5-17(16)22/h2-7,9-10,12H,8,11H2,1H3,(H,24,26)(H,25,27). The van der Waals surface area contributed by atoms with Gasteiger partial charge in [0.25, 0.3) is 0 Å². The summed E-state index contributed by atoms with van der Waals surface area (Å²) in [5.41, 5.74) is 0.697. The zero-order valence-electron chi connectivity index (χ0n) is 15.1. The number of halogens is 2. The Hall–Kier alpha value is -3.48. The molecule has 2 N–H and O–H groups in total. The lowest BCUT2D eigenvalue weighted by Gasteiger charge is -2.09. The molecule has 0 aliphatic carbocycles. The number of carbonyl (C=O) groups excluding carboxylic acids is 2. The minimum absolute atomic E-state index is 0.0252. The Kier molecular flexibility index (Phi) is 5.84. The molecule has 0 aliphatic rings. The van der Waals surface area contributed by atoms with Crippen LogP contribution < -0.4 is 10.6 Å². The molecule has 2 aromatic carbocycles. The number of benzene rings is 2. The molecule has 0 spiro atoms. The average molecular weight is 384 g/mol. The lowest BCUT2D eigenvalue weighted by atomic mass is 10.1. The van der Waals surface area contributed by atoms with E-state index in [4.69, 9.17) is 4.42 Å². The van der Waals surface area contributed by atoms with Gasteiger partial charge < -0.3 is 15.1 Å². The first-order valence-corrected chi connectivity index (χ1v) is 8.63.